The lowest BCUT2D eigenvalue weighted by molar-refractivity contribution is 0.0996. The number of rotatable bonds is 3. The highest BCUT2D eigenvalue weighted by Crippen LogP contribution is 2.29. The van der Waals surface area contributed by atoms with Gasteiger partial charge in [0.15, 0.2) is 5.69 Å². The predicted octanol–water partition coefficient (Wildman–Crippen LogP) is 2.69. The molecule has 0 aliphatic carbocycles. The molecule has 1 amide bonds. The minimum absolute atomic E-state index is 0.0770. The number of H-pyrrole nitrogens is 1. The number of hydrogen-bond donors (Lipinski definition) is 2. The highest BCUT2D eigenvalue weighted by atomic mass is 19.1. The van der Waals surface area contributed by atoms with Crippen LogP contribution in [0.1, 0.15) is 16.1 Å². The molecule has 0 aliphatic heterocycles. The molecule has 2 aromatic carbocycles. The Morgan fingerprint density at radius 1 is 1.14 bits per heavy atom. The van der Waals surface area contributed by atoms with Gasteiger partial charge >= 0.3 is 0 Å². The molecule has 0 spiro atoms. The van der Waals surface area contributed by atoms with Crippen LogP contribution in [-0.2, 0) is 0 Å². The number of primary amides is 1. The lowest BCUT2D eigenvalue weighted by Gasteiger charge is -2.08. The van der Waals surface area contributed by atoms with Gasteiger partial charge in [-0.25, -0.2) is 4.39 Å². The van der Waals surface area contributed by atoms with Crippen molar-refractivity contribution in [2.75, 3.05) is 0 Å². The first kappa shape index (κ1) is 13.9. The number of halogens is 1. The maximum atomic E-state index is 13.5. The third-order valence-electron chi connectivity index (χ3n) is 3.43. The summed E-state index contributed by atoms with van der Waals surface area (Å²) in [5, 5.41) is 10.1. The van der Waals surface area contributed by atoms with Gasteiger partial charge in [0.1, 0.15) is 11.5 Å². The fourth-order valence-electron chi connectivity index (χ4n) is 2.34. The lowest BCUT2D eigenvalue weighted by atomic mass is 9.97. The van der Waals surface area contributed by atoms with E-state index in [1.165, 1.54) is 12.1 Å². The molecule has 3 rings (SSSR count). The highest BCUT2D eigenvalue weighted by molar-refractivity contribution is 5.97. The molecule has 0 aliphatic rings. The number of carbonyl (C=O) groups excluding carboxylic acids is 1. The van der Waals surface area contributed by atoms with E-state index >= 15 is 0 Å². The molecular formula is C16H13FN4O. The second kappa shape index (κ2) is 5.40. The number of aromatic amines is 1. The van der Waals surface area contributed by atoms with Crippen LogP contribution in [0.3, 0.4) is 0 Å². The molecule has 110 valence electrons. The molecule has 0 unspecified atom stereocenters. The summed E-state index contributed by atoms with van der Waals surface area (Å²) in [6.45, 7) is 1.91. The number of nitrogens with two attached hydrogens (primary N) is 1. The Hall–Kier alpha value is -3.02. The van der Waals surface area contributed by atoms with Crippen molar-refractivity contribution in [1.29, 1.82) is 0 Å². The van der Waals surface area contributed by atoms with Crippen molar-refractivity contribution in [3.63, 3.8) is 0 Å². The standard InChI is InChI=1S/C16H13FN4O/c1-9-5-6-12(17)8-13(9)10-3-2-4-11(7-10)14-15(16(18)22)20-21-19-14/h2-8H,1H3,(H2,18,22)(H,19,20,21). The van der Waals surface area contributed by atoms with Crippen molar-refractivity contribution < 1.29 is 9.18 Å². The fourth-order valence-corrected chi connectivity index (χ4v) is 2.34. The zero-order valence-corrected chi connectivity index (χ0v) is 11.8. The van der Waals surface area contributed by atoms with Crippen LogP contribution in [0.25, 0.3) is 22.4 Å². The zero-order valence-electron chi connectivity index (χ0n) is 11.8. The Kier molecular flexibility index (Phi) is 3.42. The number of nitrogens with zero attached hydrogens (tertiary/aromatic N) is 2. The van der Waals surface area contributed by atoms with Gasteiger partial charge in [0.05, 0.1) is 0 Å². The predicted molar refractivity (Wildman–Crippen MR) is 80.5 cm³/mol. The summed E-state index contributed by atoms with van der Waals surface area (Å²) in [4.78, 5) is 11.4. The van der Waals surface area contributed by atoms with Crippen LogP contribution in [0, 0.1) is 12.7 Å². The Morgan fingerprint density at radius 2 is 1.91 bits per heavy atom. The van der Waals surface area contributed by atoms with Crippen molar-refractivity contribution >= 4 is 5.91 Å². The normalized spacial score (nSPS) is 10.6. The van der Waals surface area contributed by atoms with Gasteiger partial charge in [-0.15, -0.1) is 0 Å². The maximum absolute atomic E-state index is 13.5. The minimum atomic E-state index is -0.656. The summed E-state index contributed by atoms with van der Waals surface area (Å²) < 4.78 is 13.5. The molecule has 3 aromatic rings. The molecule has 6 heteroatoms. The number of aromatic nitrogens is 3. The van der Waals surface area contributed by atoms with Crippen LogP contribution in [0.5, 0.6) is 0 Å². The van der Waals surface area contributed by atoms with Crippen molar-refractivity contribution in [3.05, 3.63) is 59.5 Å². The largest absolute Gasteiger partial charge is 0.364 e. The second-order valence-corrected chi connectivity index (χ2v) is 4.93. The summed E-state index contributed by atoms with van der Waals surface area (Å²) in [6, 6.07) is 11.9. The molecule has 22 heavy (non-hydrogen) atoms. The van der Waals surface area contributed by atoms with E-state index < -0.39 is 5.91 Å². The van der Waals surface area contributed by atoms with Gasteiger partial charge in [-0.1, -0.05) is 24.3 Å². The first-order chi connectivity index (χ1) is 10.6. The molecule has 0 radical (unpaired) electrons. The zero-order chi connectivity index (χ0) is 15.7. The van der Waals surface area contributed by atoms with Crippen LogP contribution < -0.4 is 5.73 Å². The van der Waals surface area contributed by atoms with Gasteiger partial charge in [-0.2, -0.15) is 15.4 Å². The van der Waals surface area contributed by atoms with Crippen molar-refractivity contribution in [2.24, 2.45) is 5.73 Å². The van der Waals surface area contributed by atoms with Crippen LogP contribution in [0.2, 0.25) is 0 Å². The first-order valence-corrected chi connectivity index (χ1v) is 6.64. The van der Waals surface area contributed by atoms with E-state index in [1.807, 2.05) is 25.1 Å². The Bertz CT molecular complexity index is 857. The Morgan fingerprint density at radius 3 is 2.68 bits per heavy atom. The number of benzene rings is 2. The summed E-state index contributed by atoms with van der Waals surface area (Å²) in [5.41, 5.74) is 8.98. The number of nitrogens with one attached hydrogen (secondary N) is 1. The third-order valence-corrected chi connectivity index (χ3v) is 3.43. The molecule has 0 saturated carbocycles. The van der Waals surface area contributed by atoms with Crippen LogP contribution in [0.15, 0.2) is 42.5 Å². The fraction of sp³-hybridized carbons (Fsp3) is 0.0625. The summed E-state index contributed by atoms with van der Waals surface area (Å²) in [6.07, 6.45) is 0. The third kappa shape index (κ3) is 2.46. The molecule has 1 aromatic heterocycles. The molecule has 3 N–H and O–H groups in total. The van der Waals surface area contributed by atoms with Gasteiger partial charge in [0, 0.05) is 5.56 Å². The average Bonchev–Trinajstić information content (AvgIpc) is 2.99. The Balaban J connectivity index is 2.12. The molecule has 1 heterocycles. The molecule has 0 atom stereocenters. The summed E-state index contributed by atoms with van der Waals surface area (Å²) in [5.74, 6) is -0.957. The minimum Gasteiger partial charge on any atom is -0.364 e. The number of hydrogen-bond acceptors (Lipinski definition) is 3. The molecule has 5 nitrogen and oxygen atoms in total. The highest BCUT2D eigenvalue weighted by Gasteiger charge is 2.15. The molecule has 0 fully saturated rings. The number of carbonyl (C=O) groups is 1. The number of aryl methyl sites for hydroxylation is 1. The average molecular weight is 296 g/mol. The van der Waals surface area contributed by atoms with E-state index in [1.54, 1.807) is 12.1 Å². The van der Waals surface area contributed by atoms with Gasteiger partial charge in [0.2, 0.25) is 0 Å². The smallest absolute Gasteiger partial charge is 0.271 e. The van der Waals surface area contributed by atoms with Gasteiger partial charge < -0.3 is 5.73 Å². The lowest BCUT2D eigenvalue weighted by Crippen LogP contribution is -2.12. The van der Waals surface area contributed by atoms with Gasteiger partial charge in [-0.05, 0) is 41.8 Å². The van der Waals surface area contributed by atoms with Crippen molar-refractivity contribution in [1.82, 2.24) is 15.4 Å². The van der Waals surface area contributed by atoms with Crippen LogP contribution in [0.4, 0.5) is 4.39 Å². The maximum Gasteiger partial charge on any atom is 0.271 e. The van der Waals surface area contributed by atoms with Gasteiger partial charge in [-0.3, -0.25) is 4.79 Å². The van der Waals surface area contributed by atoms with E-state index in [9.17, 15) is 9.18 Å². The van der Waals surface area contributed by atoms with E-state index in [0.29, 0.717) is 11.3 Å². The number of amides is 1. The van der Waals surface area contributed by atoms with E-state index in [2.05, 4.69) is 15.4 Å². The van der Waals surface area contributed by atoms with Crippen molar-refractivity contribution in [3.8, 4) is 22.4 Å². The molecular weight excluding hydrogens is 283 g/mol. The quantitative estimate of drug-likeness (QED) is 0.779. The topological polar surface area (TPSA) is 84.7 Å². The monoisotopic (exact) mass is 296 g/mol. The Labute approximate surface area is 126 Å². The molecule has 0 bridgehead atoms. The van der Waals surface area contributed by atoms with Crippen molar-refractivity contribution in [2.45, 2.75) is 6.92 Å². The molecule has 0 saturated heterocycles. The first-order valence-electron chi connectivity index (χ1n) is 6.64. The van der Waals surface area contributed by atoms with E-state index in [4.69, 9.17) is 5.73 Å². The van der Waals surface area contributed by atoms with Gasteiger partial charge in [0.25, 0.3) is 5.91 Å². The SMILES string of the molecule is Cc1ccc(F)cc1-c1cccc(-c2n[nH]nc2C(N)=O)c1. The summed E-state index contributed by atoms with van der Waals surface area (Å²) in [7, 11) is 0. The summed E-state index contributed by atoms with van der Waals surface area (Å²) >= 11 is 0. The van der Waals surface area contributed by atoms with Crippen LogP contribution in [-0.4, -0.2) is 21.3 Å². The van der Waals surface area contributed by atoms with Crippen LogP contribution >= 0.6 is 0 Å². The second-order valence-electron chi connectivity index (χ2n) is 4.93. The van der Waals surface area contributed by atoms with E-state index in [-0.39, 0.29) is 11.5 Å². The van der Waals surface area contributed by atoms with E-state index in [0.717, 1.165) is 16.7 Å².